The van der Waals surface area contributed by atoms with E-state index in [1.807, 2.05) is 0 Å². The van der Waals surface area contributed by atoms with Crippen LogP contribution in [-0.4, -0.2) is 69.2 Å². The number of likely N-dealkylation sites (tertiary alicyclic amines) is 1. The summed E-state index contributed by atoms with van der Waals surface area (Å²) in [6, 6.07) is 0. The van der Waals surface area contributed by atoms with Gasteiger partial charge in [-0.1, -0.05) is 0 Å². The van der Waals surface area contributed by atoms with Crippen molar-refractivity contribution in [1.29, 1.82) is 0 Å². The lowest BCUT2D eigenvalue weighted by Gasteiger charge is -2.23. The lowest BCUT2D eigenvalue weighted by atomic mass is 10.4. The first-order chi connectivity index (χ1) is 8.10. The van der Waals surface area contributed by atoms with Gasteiger partial charge < -0.3 is 10.2 Å². The van der Waals surface area contributed by atoms with Gasteiger partial charge in [0.05, 0.1) is 5.25 Å². The molecule has 6 heteroatoms. The molecule has 0 aliphatic carbocycles. The van der Waals surface area contributed by atoms with Crippen LogP contribution < -0.4 is 5.32 Å². The smallest absolute Gasteiger partial charge is 0.218 e. The van der Waals surface area contributed by atoms with E-state index in [4.69, 9.17) is 0 Å². The molecule has 0 bridgehead atoms. The van der Waals surface area contributed by atoms with Crippen LogP contribution in [0.1, 0.15) is 19.3 Å². The second-order valence-electron chi connectivity index (χ2n) is 5.03. The normalized spacial score (nSPS) is 27.1. The fraction of sp³-hybridized carbons (Fsp3) is 1.00. The minimum atomic E-state index is -3.09. The summed E-state index contributed by atoms with van der Waals surface area (Å²) in [6.07, 6.45) is 3.25. The molecule has 0 amide bonds. The maximum atomic E-state index is 12.2. The van der Waals surface area contributed by atoms with Crippen molar-refractivity contribution in [1.82, 2.24) is 14.5 Å². The molecule has 0 aromatic carbocycles. The summed E-state index contributed by atoms with van der Waals surface area (Å²) in [5.74, 6) is 0. The van der Waals surface area contributed by atoms with Crippen LogP contribution in [0, 0.1) is 0 Å². The van der Waals surface area contributed by atoms with E-state index in [1.165, 1.54) is 12.8 Å². The first kappa shape index (κ1) is 13.3. The Morgan fingerprint density at radius 2 is 2.06 bits per heavy atom. The van der Waals surface area contributed by atoms with Crippen LogP contribution in [0.15, 0.2) is 0 Å². The summed E-state index contributed by atoms with van der Waals surface area (Å²) < 4.78 is 26.0. The summed E-state index contributed by atoms with van der Waals surface area (Å²) in [4.78, 5) is 2.35. The Morgan fingerprint density at radius 1 is 1.35 bits per heavy atom. The van der Waals surface area contributed by atoms with E-state index in [9.17, 15) is 8.42 Å². The van der Waals surface area contributed by atoms with Gasteiger partial charge in [-0.15, -0.1) is 0 Å². The van der Waals surface area contributed by atoms with Crippen LogP contribution in [-0.2, 0) is 10.0 Å². The molecule has 2 saturated heterocycles. The lowest BCUT2D eigenvalue weighted by Crippen LogP contribution is -2.41. The molecule has 0 radical (unpaired) electrons. The Bertz CT molecular complexity index is 333. The van der Waals surface area contributed by atoms with Crippen LogP contribution in [0.2, 0.25) is 0 Å². The molecule has 2 fully saturated rings. The topological polar surface area (TPSA) is 52.7 Å². The van der Waals surface area contributed by atoms with Crippen LogP contribution in [0.4, 0.5) is 0 Å². The number of nitrogens with zero attached hydrogens (tertiary/aromatic N) is 2. The number of nitrogens with one attached hydrogen (secondary N) is 1. The number of hydrogen-bond acceptors (Lipinski definition) is 4. The van der Waals surface area contributed by atoms with Crippen molar-refractivity contribution in [2.45, 2.75) is 24.5 Å². The molecule has 5 nitrogen and oxygen atoms in total. The highest BCUT2D eigenvalue weighted by atomic mass is 32.2. The third-order valence-electron chi connectivity index (χ3n) is 3.80. The van der Waals surface area contributed by atoms with Gasteiger partial charge in [0.2, 0.25) is 10.0 Å². The van der Waals surface area contributed by atoms with Gasteiger partial charge in [-0.25, -0.2) is 12.7 Å². The second kappa shape index (κ2) is 5.65. The molecule has 17 heavy (non-hydrogen) atoms. The standard InChI is InChI=1S/C11H23N3O2S/c1-13(8-9-14-6-2-3-7-14)17(15,16)11-4-5-12-10-11/h11-12H,2-10H2,1H3. The van der Waals surface area contributed by atoms with Gasteiger partial charge in [0.15, 0.2) is 0 Å². The van der Waals surface area contributed by atoms with Crippen molar-refractivity contribution in [2.24, 2.45) is 0 Å². The van der Waals surface area contributed by atoms with E-state index < -0.39 is 10.0 Å². The summed E-state index contributed by atoms with van der Waals surface area (Å²) in [7, 11) is -1.37. The largest absolute Gasteiger partial charge is 0.315 e. The average molecular weight is 261 g/mol. The van der Waals surface area contributed by atoms with E-state index in [0.29, 0.717) is 13.1 Å². The predicted octanol–water partition coefficient (Wildman–Crippen LogP) is -0.294. The molecule has 0 spiro atoms. The minimum Gasteiger partial charge on any atom is -0.315 e. The molecule has 100 valence electrons. The van der Waals surface area contributed by atoms with Crippen LogP contribution in [0.5, 0.6) is 0 Å². The zero-order valence-electron chi connectivity index (χ0n) is 10.6. The van der Waals surface area contributed by atoms with E-state index in [2.05, 4.69) is 10.2 Å². The summed E-state index contributed by atoms with van der Waals surface area (Å²) in [5, 5.41) is 2.90. The highest BCUT2D eigenvalue weighted by Crippen LogP contribution is 2.14. The Labute approximate surface area is 104 Å². The predicted molar refractivity (Wildman–Crippen MR) is 68.5 cm³/mol. The van der Waals surface area contributed by atoms with Gasteiger partial charge in [-0.3, -0.25) is 0 Å². The van der Waals surface area contributed by atoms with Crippen molar-refractivity contribution in [2.75, 3.05) is 46.3 Å². The fourth-order valence-electron chi connectivity index (χ4n) is 2.55. The zero-order chi connectivity index (χ0) is 12.3. The van der Waals surface area contributed by atoms with Gasteiger partial charge in [0.1, 0.15) is 0 Å². The Balaban J connectivity index is 1.83. The summed E-state index contributed by atoms with van der Waals surface area (Å²) >= 11 is 0. The second-order valence-corrected chi connectivity index (χ2v) is 7.35. The van der Waals surface area contributed by atoms with Crippen molar-refractivity contribution in [3.8, 4) is 0 Å². The first-order valence-electron chi connectivity index (χ1n) is 6.49. The third-order valence-corrected chi connectivity index (χ3v) is 6.10. The molecular weight excluding hydrogens is 238 g/mol. The van der Waals surface area contributed by atoms with E-state index >= 15 is 0 Å². The third kappa shape index (κ3) is 3.19. The quantitative estimate of drug-likeness (QED) is 0.739. The van der Waals surface area contributed by atoms with Gasteiger partial charge in [-0.05, 0) is 38.9 Å². The first-order valence-corrected chi connectivity index (χ1v) is 7.99. The SMILES string of the molecule is CN(CCN1CCCC1)S(=O)(=O)C1CCNC1. The van der Waals surface area contributed by atoms with Gasteiger partial charge in [0.25, 0.3) is 0 Å². The molecular formula is C11H23N3O2S. The highest BCUT2D eigenvalue weighted by Gasteiger charge is 2.32. The van der Waals surface area contributed by atoms with Gasteiger partial charge in [0, 0.05) is 26.7 Å². The minimum absolute atomic E-state index is 0.217. The fourth-order valence-corrected chi connectivity index (χ4v) is 4.14. The van der Waals surface area contributed by atoms with Crippen molar-refractivity contribution in [3.05, 3.63) is 0 Å². The number of rotatable bonds is 5. The average Bonchev–Trinajstić information content (AvgIpc) is 2.98. The molecule has 2 heterocycles. The Morgan fingerprint density at radius 3 is 2.65 bits per heavy atom. The van der Waals surface area contributed by atoms with Crippen LogP contribution in [0.3, 0.4) is 0 Å². The van der Waals surface area contributed by atoms with Gasteiger partial charge >= 0.3 is 0 Å². The van der Waals surface area contributed by atoms with Crippen molar-refractivity contribution in [3.63, 3.8) is 0 Å². The lowest BCUT2D eigenvalue weighted by molar-refractivity contribution is 0.309. The molecule has 0 aromatic rings. The Hall–Kier alpha value is -0.170. The monoisotopic (exact) mass is 261 g/mol. The molecule has 2 rings (SSSR count). The zero-order valence-corrected chi connectivity index (χ0v) is 11.4. The molecule has 1 atom stereocenters. The summed E-state index contributed by atoms with van der Waals surface area (Å²) in [5.41, 5.74) is 0. The maximum Gasteiger partial charge on any atom is 0.218 e. The molecule has 0 aromatic heterocycles. The number of hydrogen-bond donors (Lipinski definition) is 1. The van der Waals surface area contributed by atoms with Crippen LogP contribution in [0.25, 0.3) is 0 Å². The molecule has 1 unspecified atom stereocenters. The molecule has 0 saturated carbocycles. The summed E-state index contributed by atoms with van der Waals surface area (Å²) in [6.45, 7) is 5.17. The number of likely N-dealkylation sites (N-methyl/N-ethyl adjacent to an activating group) is 1. The Kier molecular flexibility index (Phi) is 4.41. The van der Waals surface area contributed by atoms with E-state index in [-0.39, 0.29) is 5.25 Å². The number of sulfonamides is 1. The highest BCUT2D eigenvalue weighted by molar-refractivity contribution is 7.89. The van der Waals surface area contributed by atoms with Crippen molar-refractivity contribution >= 4 is 10.0 Å². The molecule has 1 N–H and O–H groups in total. The van der Waals surface area contributed by atoms with Gasteiger partial charge in [-0.2, -0.15) is 0 Å². The maximum absolute atomic E-state index is 12.2. The molecule has 2 aliphatic heterocycles. The van der Waals surface area contributed by atoms with E-state index in [1.54, 1.807) is 11.4 Å². The molecule has 2 aliphatic rings. The van der Waals surface area contributed by atoms with E-state index in [0.717, 1.165) is 32.6 Å². The van der Waals surface area contributed by atoms with Crippen molar-refractivity contribution < 1.29 is 8.42 Å². The van der Waals surface area contributed by atoms with Crippen LogP contribution >= 0.6 is 0 Å².